The van der Waals surface area contributed by atoms with Gasteiger partial charge in [0.2, 0.25) is 0 Å². The first-order valence-electron chi connectivity index (χ1n) is 8.60. The third kappa shape index (κ3) is 3.25. The van der Waals surface area contributed by atoms with E-state index in [-0.39, 0.29) is 0 Å². The molecule has 6 nitrogen and oxygen atoms in total. The van der Waals surface area contributed by atoms with Crippen molar-refractivity contribution in [1.29, 1.82) is 0 Å². The van der Waals surface area contributed by atoms with Gasteiger partial charge in [0.25, 0.3) is 12.3 Å². The third-order valence-electron chi connectivity index (χ3n) is 4.37. The zero-order chi connectivity index (χ0) is 20.0. The van der Waals surface area contributed by atoms with Crippen molar-refractivity contribution in [3.63, 3.8) is 0 Å². The van der Waals surface area contributed by atoms with E-state index in [4.69, 9.17) is 4.42 Å². The van der Waals surface area contributed by atoms with Crippen LogP contribution < -0.4 is 5.32 Å². The SMILES string of the molecule is O=C(Nc1nc(-c2cc3ccccc3o2)cs1)c1ccc2nc(C(F)F)[nH]c2c1. The molecule has 2 aromatic carbocycles. The molecule has 144 valence electrons. The summed E-state index contributed by atoms with van der Waals surface area (Å²) < 4.78 is 31.3. The van der Waals surface area contributed by atoms with E-state index < -0.39 is 18.2 Å². The number of nitrogens with zero attached hydrogens (tertiary/aromatic N) is 2. The molecule has 0 radical (unpaired) electrons. The highest BCUT2D eigenvalue weighted by molar-refractivity contribution is 7.14. The number of aromatic amines is 1. The number of carbonyl (C=O) groups is 1. The first kappa shape index (κ1) is 17.5. The number of amides is 1. The van der Waals surface area contributed by atoms with Crippen LogP contribution in [0, 0.1) is 0 Å². The molecular weight excluding hydrogens is 398 g/mol. The Balaban J connectivity index is 1.37. The number of nitrogens with one attached hydrogen (secondary N) is 2. The van der Waals surface area contributed by atoms with Crippen LogP contribution in [-0.4, -0.2) is 20.9 Å². The molecule has 0 saturated carbocycles. The number of anilines is 1. The maximum atomic E-state index is 12.8. The molecule has 9 heteroatoms. The van der Waals surface area contributed by atoms with Gasteiger partial charge in [-0.25, -0.2) is 18.7 Å². The second-order valence-electron chi connectivity index (χ2n) is 6.30. The van der Waals surface area contributed by atoms with Crippen molar-refractivity contribution in [3.8, 4) is 11.5 Å². The van der Waals surface area contributed by atoms with Crippen molar-refractivity contribution in [2.45, 2.75) is 6.43 Å². The van der Waals surface area contributed by atoms with Gasteiger partial charge in [0.15, 0.2) is 16.7 Å². The molecule has 3 heterocycles. The smallest absolute Gasteiger partial charge is 0.295 e. The maximum Gasteiger partial charge on any atom is 0.295 e. The lowest BCUT2D eigenvalue weighted by atomic mass is 10.2. The molecular formula is C20H12F2N4O2S. The van der Waals surface area contributed by atoms with Crippen molar-refractivity contribution in [2.75, 3.05) is 5.32 Å². The van der Waals surface area contributed by atoms with Crippen LogP contribution >= 0.6 is 11.3 Å². The quantitative estimate of drug-likeness (QED) is 0.403. The van der Waals surface area contributed by atoms with E-state index in [2.05, 4.69) is 20.3 Å². The summed E-state index contributed by atoms with van der Waals surface area (Å²) in [5.41, 5.74) is 2.43. The second kappa shape index (κ2) is 6.78. The molecule has 0 aliphatic carbocycles. The number of rotatable bonds is 4. The number of thiazole rings is 1. The van der Waals surface area contributed by atoms with E-state index in [0.29, 0.717) is 33.2 Å². The number of furan rings is 1. The van der Waals surface area contributed by atoms with E-state index in [9.17, 15) is 13.6 Å². The fraction of sp³-hybridized carbons (Fsp3) is 0.0500. The Bertz CT molecular complexity index is 1320. The van der Waals surface area contributed by atoms with Crippen molar-refractivity contribution >= 4 is 44.4 Å². The molecule has 0 spiro atoms. The lowest BCUT2D eigenvalue weighted by Gasteiger charge is -2.01. The number of aromatic nitrogens is 3. The van der Waals surface area contributed by atoms with E-state index in [0.717, 1.165) is 11.0 Å². The normalized spacial score (nSPS) is 11.6. The van der Waals surface area contributed by atoms with E-state index >= 15 is 0 Å². The van der Waals surface area contributed by atoms with Crippen LogP contribution in [-0.2, 0) is 0 Å². The Morgan fingerprint density at radius 1 is 1.14 bits per heavy atom. The predicted molar refractivity (Wildman–Crippen MR) is 106 cm³/mol. The van der Waals surface area contributed by atoms with Gasteiger partial charge in [0, 0.05) is 16.3 Å². The van der Waals surface area contributed by atoms with Gasteiger partial charge in [-0.2, -0.15) is 0 Å². The van der Waals surface area contributed by atoms with Crippen molar-refractivity contribution in [2.24, 2.45) is 0 Å². The molecule has 5 rings (SSSR count). The minimum absolute atomic E-state index is 0.308. The lowest BCUT2D eigenvalue weighted by Crippen LogP contribution is -2.11. The number of H-pyrrole nitrogens is 1. The van der Waals surface area contributed by atoms with Gasteiger partial charge in [-0.3, -0.25) is 10.1 Å². The number of hydrogen-bond acceptors (Lipinski definition) is 5. The summed E-state index contributed by atoms with van der Waals surface area (Å²) >= 11 is 1.27. The zero-order valence-corrected chi connectivity index (χ0v) is 15.5. The summed E-state index contributed by atoms with van der Waals surface area (Å²) in [5, 5.41) is 5.89. The molecule has 0 unspecified atom stereocenters. The highest BCUT2D eigenvalue weighted by Crippen LogP contribution is 2.30. The second-order valence-corrected chi connectivity index (χ2v) is 7.15. The van der Waals surface area contributed by atoms with Crippen LogP contribution in [0.5, 0.6) is 0 Å². The van der Waals surface area contributed by atoms with Gasteiger partial charge in [-0.15, -0.1) is 11.3 Å². The summed E-state index contributed by atoms with van der Waals surface area (Å²) in [4.78, 5) is 23.3. The number of hydrogen-bond donors (Lipinski definition) is 2. The number of carbonyl (C=O) groups excluding carboxylic acids is 1. The molecule has 5 aromatic rings. The molecule has 29 heavy (non-hydrogen) atoms. The van der Waals surface area contributed by atoms with Gasteiger partial charge >= 0.3 is 0 Å². The molecule has 0 bridgehead atoms. The fourth-order valence-electron chi connectivity index (χ4n) is 3.00. The fourth-order valence-corrected chi connectivity index (χ4v) is 3.69. The first-order valence-corrected chi connectivity index (χ1v) is 9.48. The maximum absolute atomic E-state index is 12.8. The summed E-state index contributed by atoms with van der Waals surface area (Å²) in [6.07, 6.45) is -2.70. The van der Waals surface area contributed by atoms with Gasteiger partial charge < -0.3 is 9.40 Å². The first-order chi connectivity index (χ1) is 14.1. The van der Waals surface area contributed by atoms with Crippen LogP contribution in [0.2, 0.25) is 0 Å². The number of alkyl halides is 2. The van der Waals surface area contributed by atoms with E-state index in [1.165, 1.54) is 29.5 Å². The van der Waals surface area contributed by atoms with Gasteiger partial charge in [0.1, 0.15) is 11.3 Å². The van der Waals surface area contributed by atoms with Crippen molar-refractivity contribution in [1.82, 2.24) is 15.0 Å². The van der Waals surface area contributed by atoms with E-state index in [1.54, 1.807) is 5.38 Å². The molecule has 1 amide bonds. The molecule has 0 saturated heterocycles. The van der Waals surface area contributed by atoms with Crippen LogP contribution in [0.1, 0.15) is 22.6 Å². The zero-order valence-electron chi connectivity index (χ0n) is 14.6. The van der Waals surface area contributed by atoms with E-state index in [1.807, 2.05) is 30.3 Å². The average Bonchev–Trinajstić information content (AvgIpc) is 3.44. The molecule has 0 atom stereocenters. The van der Waals surface area contributed by atoms with Crippen molar-refractivity contribution < 1.29 is 18.0 Å². The number of benzene rings is 2. The number of halogens is 2. The monoisotopic (exact) mass is 410 g/mol. The highest BCUT2D eigenvalue weighted by Gasteiger charge is 2.16. The third-order valence-corrected chi connectivity index (χ3v) is 5.13. The Morgan fingerprint density at radius 2 is 2.00 bits per heavy atom. The number of para-hydroxylation sites is 1. The summed E-state index contributed by atoms with van der Waals surface area (Å²) in [7, 11) is 0. The molecule has 0 aliphatic rings. The Morgan fingerprint density at radius 3 is 2.83 bits per heavy atom. The predicted octanol–water partition coefficient (Wildman–Crippen LogP) is 5.62. The average molecular weight is 410 g/mol. The molecule has 0 aliphatic heterocycles. The van der Waals surface area contributed by atoms with Gasteiger partial charge in [-0.1, -0.05) is 18.2 Å². The van der Waals surface area contributed by atoms with Crippen LogP contribution in [0.3, 0.4) is 0 Å². The summed E-state index contributed by atoms with van der Waals surface area (Å²) in [5.74, 6) is -0.208. The number of fused-ring (bicyclic) bond motifs is 2. The minimum atomic E-state index is -2.70. The summed E-state index contributed by atoms with van der Waals surface area (Å²) in [6.45, 7) is 0. The number of imidazole rings is 1. The standard InChI is InChI=1S/C20H12F2N4O2S/c21-17(22)18-23-12-6-5-11(7-13(12)24-18)19(27)26-20-25-14(9-29-20)16-8-10-3-1-2-4-15(10)28-16/h1-9,17H,(H,23,24)(H,25,26,27). The molecule has 2 N–H and O–H groups in total. The topological polar surface area (TPSA) is 83.8 Å². The Hall–Kier alpha value is -3.59. The summed E-state index contributed by atoms with van der Waals surface area (Å²) in [6, 6.07) is 14.1. The molecule has 0 fully saturated rings. The lowest BCUT2D eigenvalue weighted by molar-refractivity contribution is 0.102. The van der Waals surface area contributed by atoms with Crippen LogP contribution in [0.25, 0.3) is 33.5 Å². The highest BCUT2D eigenvalue weighted by atomic mass is 32.1. The van der Waals surface area contributed by atoms with Crippen molar-refractivity contribution in [3.05, 3.63) is 65.3 Å². The van der Waals surface area contributed by atoms with Crippen LogP contribution in [0.15, 0.2) is 58.3 Å². The van der Waals surface area contributed by atoms with Crippen LogP contribution in [0.4, 0.5) is 13.9 Å². The minimum Gasteiger partial charge on any atom is -0.454 e. The largest absolute Gasteiger partial charge is 0.454 e. The van der Waals surface area contributed by atoms with Gasteiger partial charge in [-0.05, 0) is 30.3 Å². The molecule has 3 aromatic heterocycles. The van der Waals surface area contributed by atoms with Gasteiger partial charge in [0.05, 0.1) is 11.0 Å². The Kier molecular flexibility index (Phi) is 4.09. The Labute approximate surface area is 166 Å².